The average molecular weight is 292 g/mol. The SMILES string of the molecule is CN(CC(=O)NCCCCCCO)C(=O)c1ccccc1. The Hall–Kier alpha value is -1.88. The minimum absolute atomic E-state index is 0.0599. The van der Waals surface area contributed by atoms with Crippen molar-refractivity contribution in [3.8, 4) is 0 Å². The van der Waals surface area contributed by atoms with E-state index in [9.17, 15) is 9.59 Å². The van der Waals surface area contributed by atoms with E-state index in [4.69, 9.17) is 5.11 Å². The molecule has 0 heterocycles. The van der Waals surface area contributed by atoms with Crippen LogP contribution in [-0.2, 0) is 4.79 Å². The Morgan fingerprint density at radius 3 is 2.43 bits per heavy atom. The van der Waals surface area contributed by atoms with Crippen LogP contribution in [-0.4, -0.2) is 48.6 Å². The molecule has 5 heteroatoms. The first-order valence-electron chi connectivity index (χ1n) is 7.33. The van der Waals surface area contributed by atoms with Gasteiger partial charge >= 0.3 is 0 Å². The highest BCUT2D eigenvalue weighted by Gasteiger charge is 2.13. The quantitative estimate of drug-likeness (QED) is 0.676. The Morgan fingerprint density at radius 1 is 1.10 bits per heavy atom. The van der Waals surface area contributed by atoms with Gasteiger partial charge in [-0.1, -0.05) is 31.0 Å². The molecular formula is C16H24N2O3. The Kier molecular flexibility index (Phi) is 8.12. The summed E-state index contributed by atoms with van der Waals surface area (Å²) in [6, 6.07) is 8.91. The summed E-state index contributed by atoms with van der Waals surface area (Å²) in [6.45, 7) is 0.890. The summed E-state index contributed by atoms with van der Waals surface area (Å²) >= 11 is 0. The lowest BCUT2D eigenvalue weighted by atomic mass is 10.2. The minimum Gasteiger partial charge on any atom is -0.396 e. The average Bonchev–Trinajstić information content (AvgIpc) is 2.50. The van der Waals surface area contributed by atoms with Crippen LogP contribution in [0.25, 0.3) is 0 Å². The Labute approximate surface area is 126 Å². The largest absolute Gasteiger partial charge is 0.396 e. The van der Waals surface area contributed by atoms with Crippen LogP contribution < -0.4 is 5.32 Å². The Balaban J connectivity index is 2.23. The van der Waals surface area contributed by atoms with Crippen molar-refractivity contribution in [2.75, 3.05) is 26.7 Å². The predicted molar refractivity (Wildman–Crippen MR) is 82.0 cm³/mol. The molecule has 21 heavy (non-hydrogen) atoms. The maximum Gasteiger partial charge on any atom is 0.254 e. The van der Waals surface area contributed by atoms with Gasteiger partial charge in [0, 0.05) is 25.8 Å². The lowest BCUT2D eigenvalue weighted by Gasteiger charge is -2.16. The van der Waals surface area contributed by atoms with Gasteiger partial charge in [0.25, 0.3) is 5.91 Å². The highest BCUT2D eigenvalue weighted by Crippen LogP contribution is 2.02. The number of carbonyl (C=O) groups is 2. The van der Waals surface area contributed by atoms with E-state index in [-0.39, 0.29) is 25.0 Å². The van der Waals surface area contributed by atoms with Gasteiger partial charge in [0.15, 0.2) is 0 Å². The number of hydrogen-bond acceptors (Lipinski definition) is 3. The van der Waals surface area contributed by atoms with E-state index in [1.165, 1.54) is 4.90 Å². The fourth-order valence-corrected chi connectivity index (χ4v) is 1.96. The zero-order valence-electron chi connectivity index (χ0n) is 12.5. The zero-order valence-corrected chi connectivity index (χ0v) is 12.5. The number of benzene rings is 1. The van der Waals surface area contributed by atoms with E-state index < -0.39 is 0 Å². The lowest BCUT2D eigenvalue weighted by molar-refractivity contribution is -0.121. The Morgan fingerprint density at radius 2 is 1.76 bits per heavy atom. The molecule has 0 spiro atoms. The molecule has 0 bridgehead atoms. The van der Waals surface area contributed by atoms with E-state index in [2.05, 4.69) is 5.32 Å². The first kappa shape index (κ1) is 17.2. The summed E-state index contributed by atoms with van der Waals surface area (Å²) in [7, 11) is 1.62. The molecule has 0 fully saturated rings. The number of nitrogens with one attached hydrogen (secondary N) is 1. The normalized spacial score (nSPS) is 10.2. The van der Waals surface area contributed by atoms with Gasteiger partial charge < -0.3 is 15.3 Å². The molecule has 116 valence electrons. The molecule has 0 saturated carbocycles. The van der Waals surface area contributed by atoms with Gasteiger partial charge in [-0.05, 0) is 25.0 Å². The summed E-state index contributed by atoms with van der Waals surface area (Å²) < 4.78 is 0. The molecule has 5 nitrogen and oxygen atoms in total. The van der Waals surface area contributed by atoms with E-state index in [0.717, 1.165) is 25.7 Å². The molecule has 0 unspecified atom stereocenters. The van der Waals surface area contributed by atoms with Crippen LogP contribution in [0.5, 0.6) is 0 Å². The molecule has 1 aromatic rings. The van der Waals surface area contributed by atoms with Crippen LogP contribution in [0.1, 0.15) is 36.0 Å². The highest BCUT2D eigenvalue weighted by molar-refractivity contribution is 5.96. The number of carbonyl (C=O) groups excluding carboxylic acids is 2. The van der Waals surface area contributed by atoms with Gasteiger partial charge in [0.2, 0.25) is 5.91 Å². The molecule has 0 aliphatic carbocycles. The number of aliphatic hydroxyl groups excluding tert-OH is 1. The molecule has 0 aliphatic rings. The second-order valence-electron chi connectivity index (χ2n) is 5.02. The molecule has 0 aromatic heterocycles. The molecule has 1 rings (SSSR count). The maximum atomic E-state index is 12.1. The Bertz CT molecular complexity index is 434. The van der Waals surface area contributed by atoms with E-state index in [1.807, 2.05) is 6.07 Å². The monoisotopic (exact) mass is 292 g/mol. The van der Waals surface area contributed by atoms with Gasteiger partial charge in [-0.25, -0.2) is 0 Å². The summed E-state index contributed by atoms with van der Waals surface area (Å²) in [5.41, 5.74) is 0.580. The van der Waals surface area contributed by atoms with Gasteiger partial charge in [-0.3, -0.25) is 9.59 Å². The smallest absolute Gasteiger partial charge is 0.254 e. The van der Waals surface area contributed by atoms with Crippen molar-refractivity contribution in [2.45, 2.75) is 25.7 Å². The molecule has 0 atom stereocenters. The zero-order chi connectivity index (χ0) is 15.5. The number of amides is 2. The molecular weight excluding hydrogens is 268 g/mol. The van der Waals surface area contributed by atoms with Crippen molar-refractivity contribution in [1.29, 1.82) is 0 Å². The number of aliphatic hydroxyl groups is 1. The minimum atomic E-state index is -0.159. The van der Waals surface area contributed by atoms with Crippen LogP contribution >= 0.6 is 0 Å². The molecule has 0 aliphatic heterocycles. The van der Waals surface area contributed by atoms with Crippen LogP contribution in [0.4, 0.5) is 0 Å². The van der Waals surface area contributed by atoms with Crippen LogP contribution in [0.15, 0.2) is 30.3 Å². The maximum absolute atomic E-state index is 12.1. The van der Waals surface area contributed by atoms with Crippen molar-refractivity contribution in [2.24, 2.45) is 0 Å². The number of unbranched alkanes of at least 4 members (excludes halogenated alkanes) is 3. The van der Waals surface area contributed by atoms with Crippen LogP contribution in [0.2, 0.25) is 0 Å². The third kappa shape index (κ3) is 6.90. The van der Waals surface area contributed by atoms with Gasteiger partial charge in [-0.15, -0.1) is 0 Å². The first-order valence-corrected chi connectivity index (χ1v) is 7.33. The van der Waals surface area contributed by atoms with Crippen molar-refractivity contribution in [3.05, 3.63) is 35.9 Å². The summed E-state index contributed by atoms with van der Waals surface area (Å²) in [4.78, 5) is 25.2. The highest BCUT2D eigenvalue weighted by atomic mass is 16.3. The third-order valence-electron chi connectivity index (χ3n) is 3.16. The van der Waals surface area contributed by atoms with Gasteiger partial charge in [0.05, 0.1) is 6.54 Å². The topological polar surface area (TPSA) is 69.6 Å². The summed E-state index contributed by atoms with van der Waals surface area (Å²) in [5.74, 6) is -0.308. The van der Waals surface area contributed by atoms with Crippen molar-refractivity contribution >= 4 is 11.8 Å². The van der Waals surface area contributed by atoms with Crippen LogP contribution in [0.3, 0.4) is 0 Å². The van der Waals surface area contributed by atoms with Crippen LogP contribution in [0, 0.1) is 0 Å². The van der Waals surface area contributed by atoms with Crippen molar-refractivity contribution in [1.82, 2.24) is 10.2 Å². The second kappa shape index (κ2) is 9.94. The van der Waals surface area contributed by atoms with E-state index >= 15 is 0 Å². The lowest BCUT2D eigenvalue weighted by Crippen LogP contribution is -2.38. The molecule has 2 N–H and O–H groups in total. The first-order chi connectivity index (χ1) is 10.1. The molecule has 1 aromatic carbocycles. The fraction of sp³-hybridized carbons (Fsp3) is 0.500. The standard InChI is InChI=1S/C16H24N2O3/c1-18(16(21)14-9-5-4-6-10-14)13-15(20)17-11-7-2-3-8-12-19/h4-6,9-10,19H,2-3,7-8,11-13H2,1H3,(H,17,20). The van der Waals surface area contributed by atoms with E-state index in [1.54, 1.807) is 31.3 Å². The summed E-state index contributed by atoms with van der Waals surface area (Å²) in [5, 5.41) is 11.5. The number of rotatable bonds is 9. The number of likely N-dealkylation sites (N-methyl/N-ethyl adjacent to an activating group) is 1. The predicted octanol–water partition coefficient (Wildman–Crippen LogP) is 1.43. The molecule has 2 amide bonds. The molecule has 0 saturated heterocycles. The van der Waals surface area contributed by atoms with Gasteiger partial charge in [0.1, 0.15) is 0 Å². The van der Waals surface area contributed by atoms with E-state index in [0.29, 0.717) is 12.1 Å². The van der Waals surface area contributed by atoms with Crippen molar-refractivity contribution < 1.29 is 14.7 Å². The number of hydrogen-bond donors (Lipinski definition) is 2. The molecule has 0 radical (unpaired) electrons. The third-order valence-corrected chi connectivity index (χ3v) is 3.16. The van der Waals surface area contributed by atoms with Gasteiger partial charge in [-0.2, -0.15) is 0 Å². The fourth-order valence-electron chi connectivity index (χ4n) is 1.96. The second-order valence-corrected chi connectivity index (χ2v) is 5.02. The number of nitrogens with zero attached hydrogens (tertiary/aromatic N) is 1. The van der Waals surface area contributed by atoms with Crippen molar-refractivity contribution in [3.63, 3.8) is 0 Å². The summed E-state index contributed by atoms with van der Waals surface area (Å²) in [6.07, 6.45) is 3.66.